The van der Waals surface area contributed by atoms with Crippen molar-refractivity contribution in [1.29, 1.82) is 0 Å². The van der Waals surface area contributed by atoms with Gasteiger partial charge in [-0.3, -0.25) is 9.69 Å². The van der Waals surface area contributed by atoms with E-state index in [9.17, 15) is 17.6 Å². The molecule has 7 nitrogen and oxygen atoms in total. The lowest BCUT2D eigenvalue weighted by molar-refractivity contribution is -0.119. The van der Waals surface area contributed by atoms with E-state index in [1.165, 1.54) is 22.7 Å². The van der Waals surface area contributed by atoms with Crippen molar-refractivity contribution in [3.8, 4) is 0 Å². The quantitative estimate of drug-likeness (QED) is 0.741. The first kappa shape index (κ1) is 20.9. The van der Waals surface area contributed by atoms with E-state index in [0.29, 0.717) is 56.0 Å². The molecule has 2 aromatic rings. The van der Waals surface area contributed by atoms with E-state index in [1.807, 2.05) is 6.92 Å². The van der Waals surface area contributed by atoms with Gasteiger partial charge in [0.1, 0.15) is 17.5 Å². The molecule has 1 aromatic heterocycles. The Balaban J connectivity index is 1.63. The molecule has 1 fully saturated rings. The zero-order chi connectivity index (χ0) is 21.5. The smallest absolute Gasteiger partial charge is 0.228 e. The van der Waals surface area contributed by atoms with E-state index in [0.717, 1.165) is 11.3 Å². The van der Waals surface area contributed by atoms with Crippen LogP contribution in [0.15, 0.2) is 24.3 Å². The van der Waals surface area contributed by atoms with Gasteiger partial charge in [0.2, 0.25) is 15.9 Å². The summed E-state index contributed by atoms with van der Waals surface area (Å²) in [6.07, 6.45) is 3.47. The molecule has 2 aliphatic rings. The Morgan fingerprint density at radius 1 is 1.17 bits per heavy atom. The summed E-state index contributed by atoms with van der Waals surface area (Å²) < 4.78 is 38.7. The van der Waals surface area contributed by atoms with Crippen LogP contribution in [0.5, 0.6) is 0 Å². The molecule has 9 heteroatoms. The zero-order valence-electron chi connectivity index (χ0n) is 17.1. The first-order valence-corrected chi connectivity index (χ1v) is 11.9. The van der Waals surface area contributed by atoms with Crippen molar-refractivity contribution in [2.45, 2.75) is 45.1 Å². The maximum atomic E-state index is 13.6. The van der Waals surface area contributed by atoms with Gasteiger partial charge in [-0.2, -0.15) is 0 Å². The van der Waals surface area contributed by atoms with Crippen molar-refractivity contribution in [3.63, 3.8) is 0 Å². The first-order chi connectivity index (χ1) is 14.2. The Kier molecular flexibility index (Phi) is 5.59. The van der Waals surface area contributed by atoms with Crippen molar-refractivity contribution in [3.05, 3.63) is 52.7 Å². The van der Waals surface area contributed by atoms with Gasteiger partial charge in [0.25, 0.3) is 0 Å². The van der Waals surface area contributed by atoms with Crippen LogP contribution in [-0.2, 0) is 27.8 Å². The fourth-order valence-corrected chi connectivity index (χ4v) is 5.09. The molecule has 0 atom stereocenters. The number of aryl methyl sites for hydroxylation is 1. The number of anilines is 1. The van der Waals surface area contributed by atoms with E-state index in [4.69, 9.17) is 9.97 Å². The van der Waals surface area contributed by atoms with Crippen LogP contribution in [0.2, 0.25) is 0 Å². The molecule has 1 aromatic carbocycles. The monoisotopic (exact) mass is 432 g/mol. The summed E-state index contributed by atoms with van der Waals surface area (Å²) >= 11 is 0. The predicted molar refractivity (Wildman–Crippen MR) is 111 cm³/mol. The fraction of sp³-hybridized carbons (Fsp3) is 0.476. The maximum Gasteiger partial charge on any atom is 0.228 e. The van der Waals surface area contributed by atoms with E-state index in [2.05, 4.69) is 0 Å². The van der Waals surface area contributed by atoms with Gasteiger partial charge in [-0.05, 0) is 43.9 Å². The Hall–Kier alpha value is -2.39. The minimum Gasteiger partial charge on any atom is -0.292 e. The Morgan fingerprint density at radius 2 is 1.90 bits per heavy atom. The molecule has 3 heterocycles. The molecule has 2 aliphatic heterocycles. The van der Waals surface area contributed by atoms with Crippen molar-refractivity contribution in [2.24, 2.45) is 0 Å². The summed E-state index contributed by atoms with van der Waals surface area (Å²) in [5, 5.41) is 0. The molecule has 1 amide bonds. The normalized spacial score (nSPS) is 18.5. The number of fused-ring (bicyclic) bond motifs is 1. The number of amides is 1. The van der Waals surface area contributed by atoms with Crippen LogP contribution in [0.25, 0.3) is 0 Å². The van der Waals surface area contributed by atoms with Crippen molar-refractivity contribution >= 4 is 21.7 Å². The topological polar surface area (TPSA) is 83.5 Å². The molecule has 0 bridgehead atoms. The highest BCUT2D eigenvalue weighted by atomic mass is 32.2. The molecule has 30 heavy (non-hydrogen) atoms. The van der Waals surface area contributed by atoms with Crippen molar-refractivity contribution in [2.75, 3.05) is 24.2 Å². The summed E-state index contributed by atoms with van der Waals surface area (Å²) in [5.41, 5.74) is 2.50. The van der Waals surface area contributed by atoms with E-state index in [-0.39, 0.29) is 24.2 Å². The number of halogens is 1. The van der Waals surface area contributed by atoms with Crippen LogP contribution in [-0.4, -0.2) is 47.9 Å². The van der Waals surface area contributed by atoms with Gasteiger partial charge in [0, 0.05) is 36.7 Å². The lowest BCUT2D eigenvalue weighted by Gasteiger charge is -2.32. The van der Waals surface area contributed by atoms with Crippen LogP contribution >= 0.6 is 0 Å². The van der Waals surface area contributed by atoms with Gasteiger partial charge in [0.15, 0.2) is 0 Å². The van der Waals surface area contributed by atoms with Crippen molar-refractivity contribution in [1.82, 2.24) is 14.3 Å². The minimum absolute atomic E-state index is 0.0392. The molecule has 4 rings (SSSR count). The van der Waals surface area contributed by atoms with E-state index < -0.39 is 10.0 Å². The average Bonchev–Trinajstić information content (AvgIpc) is 2.69. The highest BCUT2D eigenvalue weighted by Gasteiger charge is 2.32. The second-order valence-corrected chi connectivity index (χ2v) is 10.00. The number of carbonyl (C=O) groups excluding carboxylic acids is 1. The Bertz CT molecular complexity index is 1080. The number of sulfonamides is 1. The van der Waals surface area contributed by atoms with Crippen LogP contribution < -0.4 is 4.90 Å². The number of nitrogens with zero attached hydrogens (tertiary/aromatic N) is 4. The summed E-state index contributed by atoms with van der Waals surface area (Å²) in [4.78, 5) is 23.8. The minimum atomic E-state index is -3.20. The predicted octanol–water partition coefficient (Wildman–Crippen LogP) is 2.54. The van der Waals surface area contributed by atoms with E-state index >= 15 is 0 Å². The fourth-order valence-electron chi connectivity index (χ4n) is 4.21. The molecule has 1 saturated heterocycles. The summed E-state index contributed by atoms with van der Waals surface area (Å²) in [6, 6.07) is 6.23. The van der Waals surface area contributed by atoms with Gasteiger partial charge < -0.3 is 0 Å². The largest absolute Gasteiger partial charge is 0.292 e. The molecular weight excluding hydrogens is 407 g/mol. The third-order valence-corrected chi connectivity index (χ3v) is 7.18. The number of aromatic nitrogens is 2. The summed E-state index contributed by atoms with van der Waals surface area (Å²) in [6.45, 7) is 3.06. The Labute approximate surface area is 176 Å². The Morgan fingerprint density at radius 3 is 2.57 bits per heavy atom. The molecule has 0 spiro atoms. The van der Waals surface area contributed by atoms with Crippen molar-refractivity contribution < 1.29 is 17.6 Å². The number of carbonyl (C=O) groups is 1. The molecule has 160 valence electrons. The standard InChI is InChI=1S/C21H25FN4O3S/c1-14-18-6-7-19(27)26(13-15-4-3-5-17(22)12-15)21(18)24-20(23-14)16-8-10-25(11-9-16)30(2,28)29/h3-5,12,16H,6-11,13H2,1-2H3. The highest BCUT2D eigenvalue weighted by molar-refractivity contribution is 7.88. The maximum absolute atomic E-state index is 13.6. The third-order valence-electron chi connectivity index (χ3n) is 5.87. The van der Waals surface area contributed by atoms with Gasteiger partial charge >= 0.3 is 0 Å². The number of hydrogen-bond donors (Lipinski definition) is 0. The summed E-state index contributed by atoms with van der Waals surface area (Å²) in [7, 11) is -3.20. The SMILES string of the molecule is Cc1nc(C2CCN(S(C)(=O)=O)CC2)nc2c1CCC(=O)N2Cc1cccc(F)c1. The molecule has 0 aliphatic carbocycles. The summed E-state index contributed by atoms with van der Waals surface area (Å²) in [5.74, 6) is 0.916. The number of benzene rings is 1. The van der Waals surface area contributed by atoms with Crippen LogP contribution in [0.1, 0.15) is 47.8 Å². The molecule has 0 saturated carbocycles. The lowest BCUT2D eigenvalue weighted by Crippen LogP contribution is -2.38. The van der Waals surface area contributed by atoms with Gasteiger partial charge in [-0.25, -0.2) is 27.1 Å². The molecular formula is C21H25FN4O3S. The average molecular weight is 433 g/mol. The van der Waals surface area contributed by atoms with Gasteiger partial charge in [-0.1, -0.05) is 12.1 Å². The zero-order valence-corrected chi connectivity index (χ0v) is 18.0. The third kappa shape index (κ3) is 4.22. The van der Waals surface area contributed by atoms with E-state index in [1.54, 1.807) is 17.0 Å². The first-order valence-electron chi connectivity index (χ1n) is 10.1. The number of piperidine rings is 1. The molecule has 0 unspecified atom stereocenters. The van der Waals surface area contributed by atoms with Crippen LogP contribution in [0.4, 0.5) is 10.2 Å². The molecule has 0 N–H and O–H groups in total. The molecule has 0 radical (unpaired) electrons. The number of rotatable bonds is 4. The van der Waals surface area contributed by atoms with Gasteiger partial charge in [0.05, 0.1) is 12.8 Å². The van der Waals surface area contributed by atoms with Crippen LogP contribution in [0.3, 0.4) is 0 Å². The number of hydrogen-bond acceptors (Lipinski definition) is 5. The highest BCUT2D eigenvalue weighted by Crippen LogP contribution is 2.33. The van der Waals surface area contributed by atoms with Crippen LogP contribution in [0, 0.1) is 12.7 Å². The second kappa shape index (κ2) is 8.03. The second-order valence-electron chi connectivity index (χ2n) is 8.02. The lowest BCUT2D eigenvalue weighted by atomic mass is 9.96. The van der Waals surface area contributed by atoms with Gasteiger partial charge in [-0.15, -0.1) is 0 Å².